The maximum absolute atomic E-state index is 12.6. The third-order valence-electron chi connectivity index (χ3n) is 5.02. The van der Waals surface area contributed by atoms with Crippen LogP contribution in [0.3, 0.4) is 0 Å². The summed E-state index contributed by atoms with van der Waals surface area (Å²) >= 11 is 1.40. The molecule has 1 saturated carbocycles. The first-order valence-electron chi connectivity index (χ1n) is 7.58. The van der Waals surface area contributed by atoms with E-state index in [1.54, 1.807) is 0 Å². The number of carbonyl (C=O) groups excluding carboxylic acids is 1. The van der Waals surface area contributed by atoms with Gasteiger partial charge in [0.05, 0.1) is 4.70 Å². The summed E-state index contributed by atoms with van der Waals surface area (Å²) < 4.78 is 5.43. The van der Waals surface area contributed by atoms with E-state index in [0.717, 1.165) is 23.1 Å². The predicted octanol–water partition coefficient (Wildman–Crippen LogP) is 2.51. The Bertz CT molecular complexity index is 683. The second-order valence-electron chi connectivity index (χ2n) is 6.27. The smallest absolute Gasteiger partial charge is 0.271 e. The Hall–Kier alpha value is -1.46. The number of hydrogen-bond acceptors (Lipinski definition) is 4. The Kier molecular flexibility index (Phi) is 3.19. The number of piperidine rings is 2. The number of benzene rings is 1. The predicted molar refractivity (Wildman–Crippen MR) is 84.6 cm³/mol. The summed E-state index contributed by atoms with van der Waals surface area (Å²) in [5.41, 5.74) is 0.588. The van der Waals surface area contributed by atoms with E-state index >= 15 is 0 Å². The van der Waals surface area contributed by atoms with Crippen LogP contribution in [0.5, 0.6) is 0 Å². The zero-order valence-corrected chi connectivity index (χ0v) is 12.9. The summed E-state index contributed by atoms with van der Waals surface area (Å²) in [6.45, 7) is 1.10. The van der Waals surface area contributed by atoms with Crippen LogP contribution in [0.15, 0.2) is 24.3 Å². The molecule has 1 N–H and O–H groups in total. The van der Waals surface area contributed by atoms with Gasteiger partial charge in [-0.25, -0.2) is 0 Å². The van der Waals surface area contributed by atoms with Gasteiger partial charge in [0, 0.05) is 24.0 Å². The van der Waals surface area contributed by atoms with Crippen molar-refractivity contribution in [3.8, 4) is 0 Å². The van der Waals surface area contributed by atoms with Crippen LogP contribution in [-0.4, -0.2) is 40.9 Å². The molecule has 4 nitrogen and oxygen atoms in total. The van der Waals surface area contributed by atoms with Gasteiger partial charge in [0.1, 0.15) is 5.69 Å². The van der Waals surface area contributed by atoms with Gasteiger partial charge in [-0.05, 0) is 49.8 Å². The summed E-state index contributed by atoms with van der Waals surface area (Å²) in [5.74, 6) is 0.585. The summed E-state index contributed by atoms with van der Waals surface area (Å²) in [5, 5.41) is 4.21. The number of hydrogen-bond donors (Lipinski definition) is 1. The van der Waals surface area contributed by atoms with E-state index in [0.29, 0.717) is 23.7 Å². The fourth-order valence-corrected chi connectivity index (χ4v) is 4.59. The molecule has 1 aliphatic carbocycles. The lowest BCUT2D eigenvalue weighted by Crippen LogP contribution is -2.57. The van der Waals surface area contributed by atoms with Crippen LogP contribution in [0.4, 0.5) is 0 Å². The quantitative estimate of drug-likeness (QED) is 0.927. The molecule has 3 aliphatic rings. The largest absolute Gasteiger partial charge is 0.348 e. The van der Waals surface area contributed by atoms with Crippen molar-refractivity contribution < 1.29 is 4.79 Å². The molecule has 3 unspecified atom stereocenters. The van der Waals surface area contributed by atoms with Crippen LogP contribution in [0.2, 0.25) is 0 Å². The number of carbonyl (C=O) groups is 1. The van der Waals surface area contributed by atoms with Gasteiger partial charge >= 0.3 is 0 Å². The number of nitrogens with zero attached hydrogens (tertiary/aromatic N) is 2. The third kappa shape index (κ3) is 2.24. The molecule has 1 aromatic carbocycles. The molecule has 5 rings (SSSR count). The van der Waals surface area contributed by atoms with Gasteiger partial charge in [0.15, 0.2) is 0 Å². The SMILES string of the molecule is CN1CC2CCC1CC2NC(=O)c1nsc2ccccc12. The molecule has 0 spiro atoms. The monoisotopic (exact) mass is 301 g/mol. The van der Waals surface area contributed by atoms with Crippen molar-refractivity contribution in [3.63, 3.8) is 0 Å². The van der Waals surface area contributed by atoms with Gasteiger partial charge in [0.2, 0.25) is 0 Å². The second-order valence-corrected chi connectivity index (χ2v) is 7.08. The van der Waals surface area contributed by atoms with Gasteiger partial charge in [-0.3, -0.25) is 4.79 Å². The van der Waals surface area contributed by atoms with Crippen LogP contribution in [0, 0.1) is 5.92 Å². The second kappa shape index (κ2) is 5.07. The van der Waals surface area contributed by atoms with Crippen molar-refractivity contribution >= 4 is 27.5 Å². The van der Waals surface area contributed by atoms with E-state index in [2.05, 4.69) is 21.6 Å². The molecule has 21 heavy (non-hydrogen) atoms. The molecule has 3 fully saturated rings. The van der Waals surface area contributed by atoms with Crippen LogP contribution < -0.4 is 5.32 Å². The molecule has 5 heteroatoms. The summed E-state index contributed by atoms with van der Waals surface area (Å²) in [6, 6.07) is 8.89. The minimum Gasteiger partial charge on any atom is -0.348 e. The number of amides is 1. The summed E-state index contributed by atoms with van der Waals surface area (Å²) in [6.07, 6.45) is 3.58. The molecule has 0 radical (unpaired) electrons. The van der Waals surface area contributed by atoms with Crippen LogP contribution in [-0.2, 0) is 0 Å². The highest BCUT2D eigenvalue weighted by Crippen LogP contribution is 2.34. The Morgan fingerprint density at radius 2 is 2.24 bits per heavy atom. The van der Waals surface area contributed by atoms with Crippen molar-refractivity contribution in [2.75, 3.05) is 13.6 Å². The van der Waals surface area contributed by atoms with Crippen molar-refractivity contribution in [1.82, 2.24) is 14.6 Å². The average Bonchev–Trinajstić information content (AvgIpc) is 2.92. The molecule has 2 bridgehead atoms. The lowest BCUT2D eigenvalue weighted by molar-refractivity contribution is 0.0397. The van der Waals surface area contributed by atoms with Gasteiger partial charge in [-0.15, -0.1) is 0 Å². The standard InChI is InChI=1S/C16H19N3OS/c1-19-9-10-6-7-11(19)8-13(10)17-16(20)15-12-4-2-3-5-14(12)21-18-15/h2-5,10-11,13H,6-9H2,1H3,(H,17,20). The highest BCUT2D eigenvalue weighted by molar-refractivity contribution is 7.13. The molecule has 3 heterocycles. The maximum Gasteiger partial charge on any atom is 0.271 e. The lowest BCUT2D eigenvalue weighted by Gasteiger charge is -2.48. The molecule has 2 saturated heterocycles. The third-order valence-corrected chi connectivity index (χ3v) is 5.85. The van der Waals surface area contributed by atoms with E-state index in [1.165, 1.54) is 24.4 Å². The van der Waals surface area contributed by atoms with Crippen molar-refractivity contribution in [2.24, 2.45) is 5.92 Å². The Morgan fingerprint density at radius 1 is 1.38 bits per heavy atom. The normalized spacial score (nSPS) is 28.9. The zero-order chi connectivity index (χ0) is 14.4. The minimum atomic E-state index is -0.00680. The highest BCUT2D eigenvalue weighted by Gasteiger charge is 2.39. The zero-order valence-electron chi connectivity index (χ0n) is 12.1. The number of nitrogens with one attached hydrogen (secondary N) is 1. The Balaban J connectivity index is 1.54. The topological polar surface area (TPSA) is 45.2 Å². The first kappa shape index (κ1) is 13.2. The molecule has 3 atom stereocenters. The lowest BCUT2D eigenvalue weighted by atomic mass is 9.76. The number of fused-ring (bicyclic) bond motifs is 4. The number of rotatable bonds is 2. The Morgan fingerprint density at radius 3 is 3.00 bits per heavy atom. The minimum absolute atomic E-state index is 0.00680. The molecule has 110 valence electrons. The fraction of sp³-hybridized carbons (Fsp3) is 0.500. The van der Waals surface area contributed by atoms with Gasteiger partial charge in [-0.2, -0.15) is 4.37 Å². The van der Waals surface area contributed by atoms with Crippen LogP contribution >= 0.6 is 11.5 Å². The molecular formula is C16H19N3OS. The van der Waals surface area contributed by atoms with E-state index in [-0.39, 0.29) is 5.91 Å². The van der Waals surface area contributed by atoms with Crippen molar-refractivity contribution in [3.05, 3.63) is 30.0 Å². The summed E-state index contributed by atoms with van der Waals surface area (Å²) in [4.78, 5) is 15.0. The Labute approximate surface area is 128 Å². The van der Waals surface area contributed by atoms with Crippen molar-refractivity contribution in [2.45, 2.75) is 31.3 Å². The van der Waals surface area contributed by atoms with E-state index < -0.39 is 0 Å². The first-order chi connectivity index (χ1) is 10.2. The fourth-order valence-electron chi connectivity index (χ4n) is 3.81. The van der Waals surface area contributed by atoms with Crippen LogP contribution in [0.25, 0.3) is 10.1 Å². The average molecular weight is 301 g/mol. The summed E-state index contributed by atoms with van der Waals surface area (Å²) in [7, 11) is 2.20. The molecular weight excluding hydrogens is 282 g/mol. The van der Waals surface area contributed by atoms with E-state index in [9.17, 15) is 4.79 Å². The molecule has 1 amide bonds. The van der Waals surface area contributed by atoms with Crippen molar-refractivity contribution in [1.29, 1.82) is 0 Å². The first-order valence-corrected chi connectivity index (χ1v) is 8.35. The van der Waals surface area contributed by atoms with Gasteiger partial charge < -0.3 is 10.2 Å². The highest BCUT2D eigenvalue weighted by atomic mass is 32.1. The number of aromatic nitrogens is 1. The molecule has 2 aliphatic heterocycles. The van der Waals surface area contributed by atoms with E-state index in [4.69, 9.17) is 0 Å². The van der Waals surface area contributed by atoms with Gasteiger partial charge in [0.25, 0.3) is 5.91 Å². The maximum atomic E-state index is 12.6. The van der Waals surface area contributed by atoms with Gasteiger partial charge in [-0.1, -0.05) is 18.2 Å². The van der Waals surface area contributed by atoms with E-state index in [1.807, 2.05) is 24.3 Å². The molecule has 1 aromatic heterocycles. The molecule has 2 aromatic rings. The van der Waals surface area contributed by atoms with Crippen LogP contribution in [0.1, 0.15) is 29.8 Å².